The quantitative estimate of drug-likeness (QED) is 0.234. The number of aryl methyl sites for hydroxylation is 2. The second-order valence-corrected chi connectivity index (χ2v) is 10.6. The minimum atomic E-state index is -0.776. The number of carbonyl (C=O) groups is 2. The number of nitrogens with zero attached hydrogens (tertiary/aromatic N) is 2. The van der Waals surface area contributed by atoms with Gasteiger partial charge in [0.25, 0.3) is 5.91 Å². The Balaban J connectivity index is 1.45. The number of methoxy groups -OCH3 is 1. The van der Waals surface area contributed by atoms with Gasteiger partial charge in [0.15, 0.2) is 5.76 Å². The maximum Gasteiger partial charge on any atom is 0.290 e. The van der Waals surface area contributed by atoms with Crippen molar-refractivity contribution in [1.29, 1.82) is 0 Å². The van der Waals surface area contributed by atoms with Crippen LogP contribution in [0.2, 0.25) is 0 Å². The first kappa shape index (κ1) is 27.3. The van der Waals surface area contributed by atoms with E-state index in [-0.39, 0.29) is 18.7 Å². The number of ketones is 1. The third kappa shape index (κ3) is 5.41. The molecule has 0 radical (unpaired) electrons. The topological polar surface area (TPSA) is 89.0 Å². The molecule has 0 aliphatic carbocycles. The molecule has 0 saturated carbocycles. The average molecular weight is 555 g/mol. The Bertz CT molecular complexity index is 1560. The molecule has 0 spiro atoms. The highest BCUT2D eigenvalue weighted by Gasteiger charge is 2.44. The summed E-state index contributed by atoms with van der Waals surface area (Å²) in [6, 6.07) is 24.1. The zero-order valence-corrected chi connectivity index (χ0v) is 23.4. The minimum absolute atomic E-state index is 0.0426. The summed E-state index contributed by atoms with van der Waals surface area (Å²) < 4.78 is 11.2. The van der Waals surface area contributed by atoms with E-state index in [0.29, 0.717) is 33.5 Å². The summed E-state index contributed by atoms with van der Waals surface area (Å²) in [5, 5.41) is 11.7. The van der Waals surface area contributed by atoms with Crippen molar-refractivity contribution in [1.82, 2.24) is 9.88 Å². The lowest BCUT2D eigenvalue weighted by Gasteiger charge is -2.26. The van der Waals surface area contributed by atoms with Gasteiger partial charge in [-0.1, -0.05) is 66.7 Å². The number of benzene rings is 3. The zero-order valence-electron chi connectivity index (χ0n) is 22.6. The van der Waals surface area contributed by atoms with Gasteiger partial charge in [0.1, 0.15) is 17.4 Å². The van der Waals surface area contributed by atoms with Crippen LogP contribution in [-0.2, 0) is 16.1 Å². The summed E-state index contributed by atoms with van der Waals surface area (Å²) in [5.41, 5.74) is 4.42. The summed E-state index contributed by atoms with van der Waals surface area (Å²) >= 11 is 1.25. The lowest BCUT2D eigenvalue weighted by Crippen LogP contribution is -2.34. The van der Waals surface area contributed by atoms with Crippen LogP contribution in [0.1, 0.15) is 38.1 Å². The first-order valence-corrected chi connectivity index (χ1v) is 13.8. The number of thiazole rings is 1. The van der Waals surface area contributed by atoms with Crippen LogP contribution in [0, 0.1) is 13.8 Å². The number of aliphatic hydroxyl groups excluding tert-OH is 1. The lowest BCUT2D eigenvalue weighted by molar-refractivity contribution is -0.130. The Morgan fingerprint density at radius 3 is 2.40 bits per heavy atom. The van der Waals surface area contributed by atoms with E-state index < -0.39 is 23.5 Å². The molecule has 1 aliphatic rings. The predicted molar refractivity (Wildman–Crippen MR) is 155 cm³/mol. The molecule has 0 fully saturated rings. The van der Waals surface area contributed by atoms with Gasteiger partial charge in [0, 0.05) is 19.2 Å². The van der Waals surface area contributed by atoms with E-state index in [1.54, 1.807) is 14.0 Å². The first-order chi connectivity index (χ1) is 19.4. The van der Waals surface area contributed by atoms with Gasteiger partial charge in [-0.05, 0) is 42.7 Å². The SMILES string of the molecule is COCCN1C(=O)C(O)=C(C(=O)c2sc(-c3ccccc3)nc2C)C1c1ccc(OCc2ccccc2C)cc1. The van der Waals surface area contributed by atoms with Gasteiger partial charge in [-0.2, -0.15) is 0 Å². The minimum Gasteiger partial charge on any atom is -0.503 e. The van der Waals surface area contributed by atoms with Crippen LogP contribution in [0.3, 0.4) is 0 Å². The van der Waals surface area contributed by atoms with Crippen molar-refractivity contribution >= 4 is 23.0 Å². The number of aliphatic hydroxyl groups is 1. The van der Waals surface area contributed by atoms with E-state index in [4.69, 9.17) is 9.47 Å². The lowest BCUT2D eigenvalue weighted by atomic mass is 9.95. The molecule has 0 bridgehead atoms. The second kappa shape index (κ2) is 11.9. The summed E-state index contributed by atoms with van der Waals surface area (Å²) in [6.07, 6.45) is 0. The monoisotopic (exact) mass is 554 g/mol. The molecular formula is C32H30N2O5S. The number of Topliss-reactive ketones (excluding diaryl/α,β-unsaturated/α-hetero) is 1. The third-order valence-corrected chi connectivity index (χ3v) is 8.16. The molecule has 1 aromatic heterocycles. The number of aromatic nitrogens is 1. The molecule has 3 aromatic carbocycles. The highest BCUT2D eigenvalue weighted by molar-refractivity contribution is 7.17. The number of rotatable bonds is 10. The van der Waals surface area contributed by atoms with Crippen LogP contribution in [0.15, 0.2) is 90.2 Å². The fraction of sp³-hybridized carbons (Fsp3) is 0.219. The Labute approximate surface area is 237 Å². The standard InChI is InChI=1S/C32H30N2O5S/c1-20-9-7-8-12-24(20)19-39-25-15-13-22(14-16-25)27-26(29(36)32(37)34(27)17-18-38-3)28(35)30-21(2)33-31(40-30)23-10-5-4-6-11-23/h4-16,27,36H,17-19H2,1-3H3. The van der Waals surface area contributed by atoms with Crippen LogP contribution < -0.4 is 4.74 Å². The zero-order chi connectivity index (χ0) is 28.2. The van der Waals surface area contributed by atoms with Crippen molar-refractivity contribution in [3.05, 3.63) is 117 Å². The van der Waals surface area contributed by atoms with E-state index in [9.17, 15) is 14.7 Å². The normalized spacial score (nSPS) is 15.1. The highest BCUT2D eigenvalue weighted by atomic mass is 32.1. The van der Waals surface area contributed by atoms with Gasteiger partial charge in [0.2, 0.25) is 5.78 Å². The molecule has 1 N–H and O–H groups in total. The summed E-state index contributed by atoms with van der Waals surface area (Å²) in [5.74, 6) is -0.893. The van der Waals surface area contributed by atoms with Gasteiger partial charge < -0.3 is 19.5 Å². The number of ether oxygens (including phenoxy) is 2. The fourth-order valence-corrected chi connectivity index (χ4v) is 5.79. The first-order valence-electron chi connectivity index (χ1n) is 13.0. The molecule has 8 heteroatoms. The number of amides is 1. The van der Waals surface area contributed by atoms with Crippen LogP contribution >= 0.6 is 11.3 Å². The molecule has 1 amide bonds. The molecule has 1 atom stereocenters. The van der Waals surface area contributed by atoms with Crippen molar-refractivity contribution in [2.45, 2.75) is 26.5 Å². The molecular weight excluding hydrogens is 524 g/mol. The van der Waals surface area contributed by atoms with Crippen LogP contribution in [-0.4, -0.2) is 46.9 Å². The van der Waals surface area contributed by atoms with Crippen LogP contribution in [0.5, 0.6) is 5.75 Å². The van der Waals surface area contributed by atoms with E-state index in [1.165, 1.54) is 16.2 Å². The van der Waals surface area contributed by atoms with Crippen molar-refractivity contribution in [3.8, 4) is 16.3 Å². The van der Waals surface area contributed by atoms with Gasteiger partial charge in [-0.3, -0.25) is 9.59 Å². The molecule has 7 nitrogen and oxygen atoms in total. The molecule has 0 saturated heterocycles. The van der Waals surface area contributed by atoms with Gasteiger partial charge >= 0.3 is 0 Å². The van der Waals surface area contributed by atoms with E-state index >= 15 is 0 Å². The van der Waals surface area contributed by atoms with Gasteiger partial charge in [0.05, 0.1) is 28.8 Å². The largest absolute Gasteiger partial charge is 0.503 e. The Morgan fingerprint density at radius 1 is 1.00 bits per heavy atom. The maximum atomic E-state index is 13.9. The Hall–Kier alpha value is -4.27. The molecule has 40 heavy (non-hydrogen) atoms. The Morgan fingerprint density at radius 2 is 1.70 bits per heavy atom. The third-order valence-electron chi connectivity index (χ3n) is 6.96. The number of hydrogen-bond donors (Lipinski definition) is 1. The molecule has 2 heterocycles. The summed E-state index contributed by atoms with van der Waals surface area (Å²) in [6.45, 7) is 4.70. The smallest absolute Gasteiger partial charge is 0.290 e. The molecule has 1 aliphatic heterocycles. The highest BCUT2D eigenvalue weighted by Crippen LogP contribution is 2.41. The molecule has 5 rings (SSSR count). The van der Waals surface area contributed by atoms with E-state index in [1.807, 2.05) is 85.8 Å². The number of carbonyl (C=O) groups excluding carboxylic acids is 2. The second-order valence-electron chi connectivity index (χ2n) is 9.57. The van der Waals surface area contributed by atoms with E-state index in [0.717, 1.165) is 16.7 Å². The van der Waals surface area contributed by atoms with Crippen molar-refractivity contribution < 1.29 is 24.2 Å². The van der Waals surface area contributed by atoms with Crippen molar-refractivity contribution in [2.24, 2.45) is 0 Å². The van der Waals surface area contributed by atoms with E-state index in [2.05, 4.69) is 4.98 Å². The van der Waals surface area contributed by atoms with Crippen LogP contribution in [0.4, 0.5) is 0 Å². The average Bonchev–Trinajstić information content (AvgIpc) is 3.48. The van der Waals surface area contributed by atoms with Gasteiger partial charge in [-0.15, -0.1) is 11.3 Å². The van der Waals surface area contributed by atoms with Gasteiger partial charge in [-0.25, -0.2) is 4.98 Å². The van der Waals surface area contributed by atoms with Crippen molar-refractivity contribution in [2.75, 3.05) is 20.3 Å². The Kier molecular flexibility index (Phi) is 8.09. The molecule has 1 unspecified atom stereocenters. The maximum absolute atomic E-state index is 13.9. The fourth-order valence-electron chi connectivity index (χ4n) is 4.77. The summed E-state index contributed by atoms with van der Waals surface area (Å²) in [7, 11) is 1.54. The van der Waals surface area contributed by atoms with Crippen LogP contribution in [0.25, 0.3) is 10.6 Å². The predicted octanol–water partition coefficient (Wildman–Crippen LogP) is 6.23. The van der Waals surface area contributed by atoms with Crippen molar-refractivity contribution in [3.63, 3.8) is 0 Å². The summed E-state index contributed by atoms with van der Waals surface area (Å²) in [4.78, 5) is 33.6. The number of hydrogen-bond acceptors (Lipinski definition) is 7. The molecule has 204 valence electrons. The molecule has 4 aromatic rings.